The molecule has 0 saturated carbocycles. The number of carbonyl (C=O) groups is 1. The first-order valence-corrected chi connectivity index (χ1v) is 12.8. The lowest BCUT2D eigenvalue weighted by molar-refractivity contribution is 0.0951. The Balaban J connectivity index is 1.19. The summed E-state index contributed by atoms with van der Waals surface area (Å²) < 4.78 is 0. The zero-order valence-electron chi connectivity index (χ0n) is 17.3. The molecule has 2 aliphatic heterocycles. The smallest absolute Gasteiger partial charge is 0.251 e. The van der Waals surface area contributed by atoms with Gasteiger partial charge in [0.2, 0.25) is 0 Å². The van der Waals surface area contributed by atoms with Crippen molar-refractivity contribution in [3.05, 3.63) is 34.4 Å². The highest BCUT2D eigenvalue weighted by Crippen LogP contribution is 2.37. The summed E-state index contributed by atoms with van der Waals surface area (Å²) in [5.41, 5.74) is 3.41. The summed E-state index contributed by atoms with van der Waals surface area (Å²) in [4.78, 5) is 17.9. The zero-order valence-corrected chi connectivity index (χ0v) is 18.9. The van der Waals surface area contributed by atoms with Crippen LogP contribution in [0, 0.1) is 0 Å². The lowest BCUT2D eigenvalue weighted by Crippen LogP contribution is -2.39. The summed E-state index contributed by atoms with van der Waals surface area (Å²) in [6, 6.07) is 6.61. The molecule has 29 heavy (non-hydrogen) atoms. The number of hydrogen-bond donors (Lipinski definition) is 3. The topological polar surface area (TPSA) is 56.4 Å². The summed E-state index contributed by atoms with van der Waals surface area (Å²) in [6.45, 7) is 5.34. The predicted molar refractivity (Wildman–Crippen MR) is 124 cm³/mol. The lowest BCUT2D eigenvalue weighted by atomic mass is 9.97. The van der Waals surface area contributed by atoms with Gasteiger partial charge in [-0.3, -0.25) is 4.79 Å². The van der Waals surface area contributed by atoms with Gasteiger partial charge in [-0.1, -0.05) is 6.92 Å². The Bertz CT molecular complexity index is 767. The minimum Gasteiger partial charge on any atom is -0.378 e. The fourth-order valence-electron chi connectivity index (χ4n) is 4.37. The molecule has 0 radical (unpaired) electrons. The molecule has 1 aliphatic carbocycles. The number of allylic oxidation sites excluding steroid dienone is 1. The van der Waals surface area contributed by atoms with Crippen LogP contribution < -0.4 is 16.0 Å². The standard InChI is InChI=1S/C22H32N4OS2/c1-2-10-26(17-6-8-19-21(13-17)29-15-25-19)11-4-3-9-23-22(27)16-5-7-18-20(12-16)28-14-24-18/h5,7,12,17,24-25H,2-4,6,8-11,13-15H2,1H3,(H,23,27). The molecule has 5 nitrogen and oxygen atoms in total. The van der Waals surface area contributed by atoms with Gasteiger partial charge in [0.25, 0.3) is 5.91 Å². The Hall–Kier alpha value is -1.31. The first-order valence-electron chi connectivity index (χ1n) is 10.9. The molecule has 1 unspecified atom stereocenters. The number of nitrogens with zero attached hydrogens (tertiary/aromatic N) is 1. The molecule has 0 spiro atoms. The van der Waals surface area contributed by atoms with Gasteiger partial charge in [0.15, 0.2) is 0 Å². The van der Waals surface area contributed by atoms with Gasteiger partial charge in [0.1, 0.15) is 0 Å². The highest BCUT2D eigenvalue weighted by Gasteiger charge is 2.28. The van der Waals surface area contributed by atoms with Crippen LogP contribution in [0.15, 0.2) is 33.7 Å². The third-order valence-electron chi connectivity index (χ3n) is 5.94. The van der Waals surface area contributed by atoms with E-state index in [4.69, 9.17) is 0 Å². The molecule has 1 atom stereocenters. The molecule has 7 heteroatoms. The Labute approximate surface area is 182 Å². The van der Waals surface area contributed by atoms with Crippen LogP contribution in [0.3, 0.4) is 0 Å². The first kappa shape index (κ1) is 20.9. The Morgan fingerprint density at radius 2 is 2.10 bits per heavy atom. The second kappa shape index (κ2) is 10.1. The minimum absolute atomic E-state index is 0.0446. The monoisotopic (exact) mass is 432 g/mol. The molecular formula is C22H32N4OS2. The van der Waals surface area contributed by atoms with Crippen molar-refractivity contribution in [1.29, 1.82) is 0 Å². The van der Waals surface area contributed by atoms with Gasteiger partial charge in [-0.2, -0.15) is 0 Å². The number of carbonyl (C=O) groups excluding carboxylic acids is 1. The maximum absolute atomic E-state index is 12.4. The van der Waals surface area contributed by atoms with Crippen molar-refractivity contribution in [3.63, 3.8) is 0 Å². The maximum Gasteiger partial charge on any atom is 0.251 e. The van der Waals surface area contributed by atoms with E-state index in [9.17, 15) is 4.79 Å². The molecule has 0 aromatic heterocycles. The van der Waals surface area contributed by atoms with Gasteiger partial charge >= 0.3 is 0 Å². The average Bonchev–Trinajstić information content (AvgIpc) is 3.40. The maximum atomic E-state index is 12.4. The van der Waals surface area contributed by atoms with E-state index in [1.54, 1.807) is 16.7 Å². The minimum atomic E-state index is 0.0446. The normalized spacial score (nSPS) is 20.3. The van der Waals surface area contributed by atoms with Gasteiger partial charge < -0.3 is 20.9 Å². The van der Waals surface area contributed by atoms with Crippen molar-refractivity contribution in [2.24, 2.45) is 0 Å². The van der Waals surface area contributed by atoms with Gasteiger partial charge in [-0.05, 0) is 69.8 Å². The molecule has 1 amide bonds. The second-order valence-corrected chi connectivity index (χ2v) is 10.0. The molecule has 2 heterocycles. The third-order valence-corrected chi connectivity index (χ3v) is 7.92. The van der Waals surface area contributed by atoms with Crippen LogP contribution >= 0.6 is 23.5 Å². The Morgan fingerprint density at radius 1 is 1.21 bits per heavy atom. The highest BCUT2D eigenvalue weighted by molar-refractivity contribution is 8.03. The fraction of sp³-hybridized carbons (Fsp3) is 0.591. The molecule has 3 N–H and O–H groups in total. The van der Waals surface area contributed by atoms with Crippen molar-refractivity contribution in [2.45, 2.75) is 56.4 Å². The quantitative estimate of drug-likeness (QED) is 0.502. The van der Waals surface area contributed by atoms with E-state index in [1.807, 2.05) is 30.0 Å². The first-order chi connectivity index (χ1) is 14.2. The number of thioether (sulfide) groups is 2. The number of benzene rings is 1. The number of nitrogens with one attached hydrogen (secondary N) is 3. The van der Waals surface area contributed by atoms with Gasteiger partial charge in [-0.25, -0.2) is 0 Å². The number of amides is 1. The van der Waals surface area contributed by atoms with E-state index in [0.717, 1.165) is 48.9 Å². The average molecular weight is 433 g/mol. The van der Waals surface area contributed by atoms with E-state index in [1.165, 1.54) is 42.8 Å². The molecule has 0 bridgehead atoms. The van der Waals surface area contributed by atoms with Crippen LogP contribution in [0.25, 0.3) is 0 Å². The number of anilines is 1. The molecule has 1 aromatic rings. The highest BCUT2D eigenvalue weighted by atomic mass is 32.2. The number of unbranched alkanes of at least 4 members (excludes halogenated alkanes) is 1. The summed E-state index contributed by atoms with van der Waals surface area (Å²) in [6.07, 6.45) is 7.07. The van der Waals surface area contributed by atoms with Crippen LogP contribution in [0.2, 0.25) is 0 Å². The van der Waals surface area contributed by atoms with E-state index in [-0.39, 0.29) is 5.91 Å². The van der Waals surface area contributed by atoms with Crippen LogP contribution in [-0.2, 0) is 0 Å². The molecule has 3 aliphatic rings. The van der Waals surface area contributed by atoms with Gasteiger partial charge in [-0.15, -0.1) is 23.5 Å². The van der Waals surface area contributed by atoms with Crippen molar-refractivity contribution < 1.29 is 4.79 Å². The third kappa shape index (κ3) is 5.25. The van der Waals surface area contributed by atoms with E-state index in [0.29, 0.717) is 6.04 Å². The van der Waals surface area contributed by atoms with E-state index < -0.39 is 0 Å². The van der Waals surface area contributed by atoms with Gasteiger partial charge in [0, 0.05) is 39.3 Å². The summed E-state index contributed by atoms with van der Waals surface area (Å²) >= 11 is 3.75. The number of hydrogen-bond acceptors (Lipinski definition) is 6. The van der Waals surface area contributed by atoms with Crippen LogP contribution in [0.5, 0.6) is 0 Å². The Kier molecular flexibility index (Phi) is 7.32. The van der Waals surface area contributed by atoms with Crippen LogP contribution in [-0.4, -0.2) is 48.2 Å². The summed E-state index contributed by atoms with van der Waals surface area (Å²) in [5.74, 6) is 2.00. The van der Waals surface area contributed by atoms with Crippen LogP contribution in [0.1, 0.15) is 55.8 Å². The second-order valence-electron chi connectivity index (χ2n) is 7.94. The molecule has 0 fully saturated rings. The largest absolute Gasteiger partial charge is 0.378 e. The molecule has 0 saturated heterocycles. The van der Waals surface area contributed by atoms with Crippen LogP contribution in [0.4, 0.5) is 5.69 Å². The SMILES string of the molecule is CCCN(CCCCNC(=O)c1ccc2c(c1)SCN2)C1CCC2=C(C1)SCN2. The summed E-state index contributed by atoms with van der Waals surface area (Å²) in [7, 11) is 0. The Morgan fingerprint density at radius 3 is 3.00 bits per heavy atom. The van der Waals surface area contributed by atoms with Crippen molar-refractivity contribution in [3.8, 4) is 0 Å². The predicted octanol–water partition coefficient (Wildman–Crippen LogP) is 4.44. The van der Waals surface area contributed by atoms with Crippen molar-refractivity contribution in [1.82, 2.24) is 15.5 Å². The molecule has 158 valence electrons. The van der Waals surface area contributed by atoms with Crippen molar-refractivity contribution >= 4 is 35.1 Å². The summed E-state index contributed by atoms with van der Waals surface area (Å²) in [5, 5.41) is 9.93. The molecule has 4 rings (SSSR count). The van der Waals surface area contributed by atoms with E-state index >= 15 is 0 Å². The molecular weight excluding hydrogens is 400 g/mol. The van der Waals surface area contributed by atoms with Crippen molar-refractivity contribution in [2.75, 3.05) is 36.7 Å². The zero-order chi connectivity index (χ0) is 20.1. The fourth-order valence-corrected chi connectivity index (χ4v) is 6.34. The number of fused-ring (bicyclic) bond motifs is 1. The van der Waals surface area contributed by atoms with E-state index in [2.05, 4.69) is 27.8 Å². The van der Waals surface area contributed by atoms with Gasteiger partial charge in [0.05, 0.1) is 11.8 Å². The lowest BCUT2D eigenvalue weighted by Gasteiger charge is -2.34. The number of rotatable bonds is 9. The molecule has 1 aromatic carbocycles.